The van der Waals surface area contributed by atoms with Gasteiger partial charge in [0, 0.05) is 60.4 Å². The zero-order valence-electron chi connectivity index (χ0n) is 17.1. The van der Waals surface area contributed by atoms with Crippen molar-refractivity contribution in [1.29, 1.82) is 0 Å². The lowest BCUT2D eigenvalue weighted by atomic mass is 10.3. The van der Waals surface area contributed by atoms with Crippen LogP contribution in [0.15, 0.2) is 9.59 Å². The Kier molecular flexibility index (Phi) is 5.17. The first-order chi connectivity index (χ1) is 13.9. The minimum atomic E-state index is -0.390. The van der Waals surface area contributed by atoms with Crippen LogP contribution in [-0.4, -0.2) is 93.4 Å². The van der Waals surface area contributed by atoms with Crippen LogP contribution in [0.2, 0.25) is 0 Å². The minimum Gasteiger partial charge on any atom is -0.378 e. The number of piperazine rings is 1. The number of morpholine rings is 1. The van der Waals surface area contributed by atoms with Crippen LogP contribution in [0.25, 0.3) is 11.2 Å². The molecule has 1 amide bonds. The fraction of sp³-hybridized carbons (Fsp3) is 0.667. The summed E-state index contributed by atoms with van der Waals surface area (Å²) in [5.41, 5.74) is 0.0627. The fourth-order valence-electron chi connectivity index (χ4n) is 4.00. The lowest BCUT2D eigenvalue weighted by Gasteiger charge is -2.36. The molecule has 4 heterocycles. The smallest absolute Gasteiger partial charge is 0.332 e. The van der Waals surface area contributed by atoms with Crippen LogP contribution in [0, 0.1) is 0 Å². The van der Waals surface area contributed by atoms with Crippen molar-refractivity contribution in [3.05, 3.63) is 20.8 Å². The van der Waals surface area contributed by atoms with E-state index in [-0.39, 0.29) is 11.5 Å². The zero-order chi connectivity index (χ0) is 20.7. The molecule has 2 aliphatic heterocycles. The molecule has 0 saturated carbocycles. The lowest BCUT2D eigenvalue weighted by molar-refractivity contribution is -0.136. The number of aromatic nitrogens is 4. The van der Waals surface area contributed by atoms with Crippen molar-refractivity contribution >= 4 is 23.0 Å². The summed E-state index contributed by atoms with van der Waals surface area (Å²) in [7, 11) is 4.89. The highest BCUT2D eigenvalue weighted by Gasteiger charge is 2.26. The molecule has 2 aromatic heterocycles. The molecule has 2 fully saturated rings. The number of ether oxygens (including phenoxy) is 1. The highest BCUT2D eigenvalue weighted by atomic mass is 16.5. The second kappa shape index (κ2) is 7.64. The van der Waals surface area contributed by atoms with Crippen molar-refractivity contribution < 1.29 is 9.53 Å². The number of hydrogen-bond acceptors (Lipinski definition) is 7. The maximum atomic E-state index is 12.6. The van der Waals surface area contributed by atoms with Gasteiger partial charge in [0.1, 0.15) is 0 Å². The average Bonchev–Trinajstić information content (AvgIpc) is 3.09. The van der Waals surface area contributed by atoms with Crippen LogP contribution in [0.3, 0.4) is 0 Å². The summed E-state index contributed by atoms with van der Waals surface area (Å²) < 4.78 is 9.56. The van der Waals surface area contributed by atoms with E-state index in [1.807, 2.05) is 4.90 Å². The number of carbonyl (C=O) groups excluding carboxylic acids is 1. The molecule has 0 unspecified atom stereocenters. The van der Waals surface area contributed by atoms with Gasteiger partial charge in [0.05, 0.1) is 19.8 Å². The number of rotatable bonds is 3. The summed E-state index contributed by atoms with van der Waals surface area (Å²) >= 11 is 0. The van der Waals surface area contributed by atoms with Crippen LogP contribution in [0.5, 0.6) is 0 Å². The third-order valence-electron chi connectivity index (χ3n) is 5.83. The molecule has 4 rings (SSSR count). The highest BCUT2D eigenvalue weighted by molar-refractivity contribution is 5.78. The number of fused-ring (bicyclic) bond motifs is 1. The molecule has 11 heteroatoms. The Morgan fingerprint density at radius 3 is 2.24 bits per heavy atom. The Labute approximate surface area is 167 Å². The molecule has 29 heavy (non-hydrogen) atoms. The zero-order valence-corrected chi connectivity index (χ0v) is 17.1. The van der Waals surface area contributed by atoms with Crippen LogP contribution in [0.4, 0.5) is 5.95 Å². The van der Waals surface area contributed by atoms with E-state index in [2.05, 4.69) is 14.8 Å². The van der Waals surface area contributed by atoms with Gasteiger partial charge in [0.15, 0.2) is 11.2 Å². The summed E-state index contributed by atoms with van der Waals surface area (Å²) in [4.78, 5) is 47.9. The third kappa shape index (κ3) is 3.44. The van der Waals surface area contributed by atoms with E-state index >= 15 is 0 Å². The maximum Gasteiger partial charge on any atom is 0.332 e. The minimum absolute atomic E-state index is 0.142. The van der Waals surface area contributed by atoms with E-state index in [0.29, 0.717) is 63.0 Å². The van der Waals surface area contributed by atoms with Gasteiger partial charge in [-0.15, -0.1) is 0 Å². The number of hydrogen-bond donors (Lipinski definition) is 0. The predicted molar refractivity (Wildman–Crippen MR) is 107 cm³/mol. The molecule has 0 radical (unpaired) electrons. The monoisotopic (exact) mass is 405 g/mol. The van der Waals surface area contributed by atoms with Crippen molar-refractivity contribution in [3.8, 4) is 0 Å². The van der Waals surface area contributed by atoms with Gasteiger partial charge in [-0.05, 0) is 0 Å². The van der Waals surface area contributed by atoms with Crippen molar-refractivity contribution in [3.63, 3.8) is 0 Å². The van der Waals surface area contributed by atoms with Crippen molar-refractivity contribution in [2.24, 2.45) is 21.1 Å². The quantitative estimate of drug-likeness (QED) is 0.580. The van der Waals surface area contributed by atoms with E-state index in [1.54, 1.807) is 18.7 Å². The van der Waals surface area contributed by atoms with Crippen molar-refractivity contribution in [2.45, 2.75) is 0 Å². The number of anilines is 1. The van der Waals surface area contributed by atoms with Gasteiger partial charge in [0.25, 0.3) is 5.56 Å². The molecular formula is C18H27N7O4. The third-order valence-corrected chi connectivity index (χ3v) is 5.83. The molecule has 0 atom stereocenters. The van der Waals surface area contributed by atoms with Crippen molar-refractivity contribution in [1.82, 2.24) is 28.5 Å². The predicted octanol–water partition coefficient (Wildman–Crippen LogP) is -2.05. The summed E-state index contributed by atoms with van der Waals surface area (Å²) in [6.07, 6.45) is 0. The van der Waals surface area contributed by atoms with E-state index in [4.69, 9.17) is 4.74 Å². The normalized spacial score (nSPS) is 18.6. The highest BCUT2D eigenvalue weighted by Crippen LogP contribution is 2.19. The van der Waals surface area contributed by atoms with Gasteiger partial charge in [-0.3, -0.25) is 23.6 Å². The Morgan fingerprint density at radius 2 is 1.59 bits per heavy atom. The van der Waals surface area contributed by atoms with Gasteiger partial charge in [-0.25, -0.2) is 4.79 Å². The fourth-order valence-corrected chi connectivity index (χ4v) is 4.00. The molecule has 158 valence electrons. The maximum absolute atomic E-state index is 12.6. The molecule has 0 N–H and O–H groups in total. The van der Waals surface area contributed by atoms with E-state index in [9.17, 15) is 14.4 Å². The first-order valence-electron chi connectivity index (χ1n) is 9.83. The molecule has 2 saturated heterocycles. The van der Waals surface area contributed by atoms with E-state index in [0.717, 1.165) is 17.7 Å². The average molecular weight is 405 g/mol. The molecule has 0 aliphatic carbocycles. The first kappa shape index (κ1) is 19.6. The second-order valence-electron chi connectivity index (χ2n) is 7.61. The largest absolute Gasteiger partial charge is 0.378 e. The van der Waals surface area contributed by atoms with Gasteiger partial charge in [0.2, 0.25) is 11.9 Å². The molecule has 0 bridgehead atoms. The standard InChI is InChI=1S/C18H27N7O4/c1-20-14-15(21(2)18(28)22(3)16(14)27)19-17(20)25-6-4-23(5-7-25)12-13(26)24-8-10-29-11-9-24/h4-12H2,1-3H3. The second-order valence-corrected chi connectivity index (χ2v) is 7.61. The SMILES string of the molecule is Cn1c(=O)c2c(nc(N3CCN(CC(=O)N4CCOCC4)CC3)n2C)n(C)c1=O. The molecule has 11 nitrogen and oxygen atoms in total. The van der Waals surface area contributed by atoms with Crippen molar-refractivity contribution in [2.75, 3.05) is 63.9 Å². The van der Waals surface area contributed by atoms with Gasteiger partial charge < -0.3 is 19.1 Å². The number of carbonyl (C=O) groups is 1. The van der Waals surface area contributed by atoms with E-state index < -0.39 is 5.69 Å². The molecular weight excluding hydrogens is 378 g/mol. The van der Waals surface area contributed by atoms with Crippen LogP contribution < -0.4 is 16.1 Å². The molecule has 2 aromatic rings. The Bertz CT molecular complexity index is 1040. The number of amides is 1. The van der Waals surface area contributed by atoms with Gasteiger partial charge >= 0.3 is 5.69 Å². The summed E-state index contributed by atoms with van der Waals surface area (Å²) in [5, 5.41) is 0. The number of aryl methyl sites for hydroxylation is 2. The Hall–Kier alpha value is -2.66. The Balaban J connectivity index is 1.48. The van der Waals surface area contributed by atoms with E-state index in [1.165, 1.54) is 11.6 Å². The topological polar surface area (TPSA) is 97.8 Å². The molecule has 2 aliphatic rings. The summed E-state index contributed by atoms with van der Waals surface area (Å²) in [5.74, 6) is 0.806. The molecule has 0 spiro atoms. The summed E-state index contributed by atoms with van der Waals surface area (Å²) in [6.45, 7) is 5.79. The van der Waals surface area contributed by atoms with Crippen LogP contribution in [0.1, 0.15) is 0 Å². The summed E-state index contributed by atoms with van der Waals surface area (Å²) in [6, 6.07) is 0. The number of imidazole rings is 1. The van der Waals surface area contributed by atoms with Crippen LogP contribution in [-0.2, 0) is 30.7 Å². The molecule has 0 aromatic carbocycles. The first-order valence-corrected chi connectivity index (χ1v) is 9.83. The Morgan fingerprint density at radius 1 is 0.931 bits per heavy atom. The number of nitrogens with zero attached hydrogens (tertiary/aromatic N) is 7. The lowest BCUT2D eigenvalue weighted by Crippen LogP contribution is -2.52. The van der Waals surface area contributed by atoms with Gasteiger partial charge in [-0.2, -0.15) is 4.98 Å². The van der Waals surface area contributed by atoms with Gasteiger partial charge in [-0.1, -0.05) is 0 Å². The van der Waals surface area contributed by atoms with Crippen LogP contribution >= 0.6 is 0 Å².